The number of nitrogens with zero attached hydrogens (tertiary/aromatic N) is 3. The summed E-state index contributed by atoms with van der Waals surface area (Å²) in [6.07, 6.45) is 1.46. The topological polar surface area (TPSA) is 80.4 Å². The van der Waals surface area contributed by atoms with Crippen molar-refractivity contribution in [1.29, 1.82) is 0 Å². The third-order valence-electron chi connectivity index (χ3n) is 4.10. The van der Waals surface area contributed by atoms with E-state index < -0.39 is 4.92 Å². The Kier molecular flexibility index (Phi) is 3.99. The number of rotatable bonds is 4. The summed E-state index contributed by atoms with van der Waals surface area (Å²) in [5.74, 6) is 0. The average molecular weight is 342 g/mol. The van der Waals surface area contributed by atoms with E-state index in [2.05, 4.69) is 15.5 Å². The first-order chi connectivity index (χ1) is 12.7. The van der Waals surface area contributed by atoms with Gasteiger partial charge in [0.1, 0.15) is 0 Å². The number of nitro benzene ring substituents is 1. The van der Waals surface area contributed by atoms with Gasteiger partial charge in [0.2, 0.25) is 0 Å². The van der Waals surface area contributed by atoms with Crippen LogP contribution in [0.1, 0.15) is 5.56 Å². The van der Waals surface area contributed by atoms with Crippen LogP contribution in [0.25, 0.3) is 21.8 Å². The quantitative estimate of drug-likeness (QED) is 0.251. The van der Waals surface area contributed by atoms with Crippen LogP contribution in [-0.2, 0) is 0 Å². The predicted molar refractivity (Wildman–Crippen MR) is 104 cm³/mol. The van der Waals surface area contributed by atoms with Crippen LogP contribution in [0.5, 0.6) is 0 Å². The van der Waals surface area contributed by atoms with Gasteiger partial charge in [0.05, 0.1) is 33.4 Å². The van der Waals surface area contributed by atoms with Gasteiger partial charge >= 0.3 is 0 Å². The van der Waals surface area contributed by atoms with Gasteiger partial charge in [0, 0.05) is 16.8 Å². The van der Waals surface area contributed by atoms with E-state index in [-0.39, 0.29) is 5.69 Å². The molecule has 0 aliphatic carbocycles. The molecular weight excluding hydrogens is 328 g/mol. The van der Waals surface area contributed by atoms with Crippen LogP contribution in [0, 0.1) is 10.1 Å². The third-order valence-corrected chi connectivity index (χ3v) is 4.10. The van der Waals surface area contributed by atoms with Crippen LogP contribution in [-0.4, -0.2) is 16.1 Å². The fraction of sp³-hybridized carbons (Fsp3) is 0. The molecule has 0 fully saturated rings. The lowest BCUT2D eigenvalue weighted by molar-refractivity contribution is -0.385. The molecule has 0 spiro atoms. The monoisotopic (exact) mass is 342 g/mol. The maximum absolute atomic E-state index is 11.1. The minimum absolute atomic E-state index is 0.0162. The van der Waals surface area contributed by atoms with Crippen molar-refractivity contribution in [3.05, 3.63) is 88.5 Å². The summed E-state index contributed by atoms with van der Waals surface area (Å²) in [5, 5.41) is 17.2. The van der Waals surface area contributed by atoms with Crippen molar-refractivity contribution in [2.24, 2.45) is 5.10 Å². The summed E-state index contributed by atoms with van der Waals surface area (Å²) in [5.41, 5.74) is 6.04. The second-order valence-corrected chi connectivity index (χ2v) is 5.71. The maximum atomic E-state index is 11.1. The number of fused-ring (bicyclic) bond motifs is 2. The summed E-state index contributed by atoms with van der Waals surface area (Å²) >= 11 is 0. The van der Waals surface area contributed by atoms with Crippen LogP contribution in [0.3, 0.4) is 0 Å². The molecule has 0 saturated heterocycles. The van der Waals surface area contributed by atoms with Crippen molar-refractivity contribution in [2.75, 3.05) is 5.43 Å². The van der Waals surface area contributed by atoms with Gasteiger partial charge in [-0.15, -0.1) is 0 Å². The zero-order valence-corrected chi connectivity index (χ0v) is 13.7. The summed E-state index contributed by atoms with van der Waals surface area (Å²) in [7, 11) is 0. The second-order valence-electron chi connectivity index (χ2n) is 5.71. The molecule has 0 bridgehead atoms. The smallest absolute Gasteiger partial charge is 0.277 e. The Morgan fingerprint density at radius 1 is 0.885 bits per heavy atom. The molecule has 126 valence electrons. The van der Waals surface area contributed by atoms with Crippen molar-refractivity contribution in [2.45, 2.75) is 0 Å². The lowest BCUT2D eigenvalue weighted by Crippen LogP contribution is -1.97. The number of anilines is 1. The SMILES string of the molecule is O=[N+]([O-])c1ccccc1/C=N/Nc1c2ccccc2nc2ccccc12. The molecule has 0 atom stereocenters. The lowest BCUT2D eigenvalue weighted by atomic mass is 10.1. The second kappa shape index (κ2) is 6.60. The molecule has 0 amide bonds. The van der Waals surface area contributed by atoms with Crippen molar-refractivity contribution in [1.82, 2.24) is 4.98 Å². The maximum Gasteiger partial charge on any atom is 0.278 e. The molecule has 0 aliphatic heterocycles. The molecule has 1 aromatic heterocycles. The number of para-hydroxylation sites is 3. The number of hydrogen-bond acceptors (Lipinski definition) is 5. The first kappa shape index (κ1) is 15.7. The molecule has 4 rings (SSSR count). The summed E-state index contributed by atoms with van der Waals surface area (Å²) in [6, 6.07) is 22.1. The molecular formula is C20H14N4O2. The number of hydrogen-bond donors (Lipinski definition) is 1. The van der Waals surface area contributed by atoms with Gasteiger partial charge in [-0.1, -0.05) is 48.5 Å². The Bertz CT molecular complexity index is 1100. The predicted octanol–water partition coefficient (Wildman–Crippen LogP) is 4.74. The van der Waals surface area contributed by atoms with E-state index in [4.69, 9.17) is 0 Å². The van der Waals surface area contributed by atoms with Gasteiger partial charge in [-0.2, -0.15) is 5.10 Å². The third kappa shape index (κ3) is 2.84. The fourth-order valence-corrected chi connectivity index (χ4v) is 2.89. The van der Waals surface area contributed by atoms with E-state index in [1.165, 1.54) is 12.3 Å². The van der Waals surface area contributed by atoms with Crippen molar-refractivity contribution < 1.29 is 4.92 Å². The highest BCUT2D eigenvalue weighted by Crippen LogP contribution is 2.30. The van der Waals surface area contributed by atoms with Gasteiger partial charge in [-0.3, -0.25) is 15.5 Å². The summed E-state index contributed by atoms with van der Waals surface area (Å²) in [6.45, 7) is 0. The minimum Gasteiger partial charge on any atom is -0.277 e. The highest BCUT2D eigenvalue weighted by Gasteiger charge is 2.11. The summed E-state index contributed by atoms with van der Waals surface area (Å²) < 4.78 is 0. The highest BCUT2D eigenvalue weighted by molar-refractivity contribution is 6.07. The summed E-state index contributed by atoms with van der Waals surface area (Å²) in [4.78, 5) is 15.4. The molecule has 26 heavy (non-hydrogen) atoms. The van der Waals surface area contributed by atoms with Crippen LogP contribution in [0.4, 0.5) is 11.4 Å². The minimum atomic E-state index is -0.418. The normalized spacial score (nSPS) is 11.2. The molecule has 0 saturated carbocycles. The van der Waals surface area contributed by atoms with E-state index in [0.717, 1.165) is 27.5 Å². The molecule has 3 aromatic carbocycles. The average Bonchev–Trinajstić information content (AvgIpc) is 2.67. The first-order valence-corrected chi connectivity index (χ1v) is 8.04. The largest absolute Gasteiger partial charge is 0.278 e. The Morgan fingerprint density at radius 2 is 1.46 bits per heavy atom. The van der Waals surface area contributed by atoms with Crippen molar-refractivity contribution in [3.63, 3.8) is 0 Å². The number of pyridine rings is 1. The molecule has 0 aliphatic rings. The zero-order valence-electron chi connectivity index (χ0n) is 13.7. The van der Waals surface area contributed by atoms with Gasteiger partial charge in [0.15, 0.2) is 0 Å². The molecule has 6 nitrogen and oxygen atoms in total. The van der Waals surface area contributed by atoms with Crippen LogP contribution in [0.2, 0.25) is 0 Å². The van der Waals surface area contributed by atoms with Crippen molar-refractivity contribution >= 4 is 39.4 Å². The molecule has 6 heteroatoms. The van der Waals surface area contributed by atoms with E-state index in [1.807, 2.05) is 48.5 Å². The number of benzene rings is 3. The molecule has 0 radical (unpaired) electrons. The number of hydrazone groups is 1. The molecule has 1 heterocycles. The molecule has 4 aromatic rings. The lowest BCUT2D eigenvalue weighted by Gasteiger charge is -2.09. The fourth-order valence-electron chi connectivity index (χ4n) is 2.89. The van der Waals surface area contributed by atoms with E-state index >= 15 is 0 Å². The van der Waals surface area contributed by atoms with Gasteiger partial charge in [0.25, 0.3) is 5.69 Å². The van der Waals surface area contributed by atoms with Crippen LogP contribution in [0.15, 0.2) is 77.9 Å². The zero-order chi connectivity index (χ0) is 17.9. The van der Waals surface area contributed by atoms with Gasteiger partial charge in [-0.05, 0) is 18.2 Å². The van der Waals surface area contributed by atoms with Crippen molar-refractivity contribution in [3.8, 4) is 0 Å². The Balaban J connectivity index is 1.78. The highest BCUT2D eigenvalue weighted by atomic mass is 16.6. The Hall–Kier alpha value is -3.80. The van der Waals surface area contributed by atoms with E-state index in [0.29, 0.717) is 5.56 Å². The standard InChI is InChI=1S/C20H14N4O2/c25-24(26)19-12-6-1-7-14(19)13-21-23-20-15-8-2-4-10-17(15)22-18-11-5-3-9-16(18)20/h1-13H,(H,22,23)/b21-13+. The number of aromatic nitrogens is 1. The van der Waals surface area contributed by atoms with E-state index in [9.17, 15) is 10.1 Å². The first-order valence-electron chi connectivity index (χ1n) is 8.04. The Labute approximate surface area is 149 Å². The number of nitro groups is 1. The number of nitrogens with one attached hydrogen (secondary N) is 1. The molecule has 1 N–H and O–H groups in total. The van der Waals surface area contributed by atoms with Gasteiger partial charge in [-0.25, -0.2) is 4.98 Å². The van der Waals surface area contributed by atoms with E-state index in [1.54, 1.807) is 18.2 Å². The van der Waals surface area contributed by atoms with Gasteiger partial charge < -0.3 is 0 Å². The van der Waals surface area contributed by atoms with Crippen LogP contribution < -0.4 is 5.43 Å². The Morgan fingerprint density at radius 3 is 2.12 bits per heavy atom. The molecule has 0 unspecified atom stereocenters. The van der Waals surface area contributed by atoms with Crippen LogP contribution >= 0.6 is 0 Å².